The first kappa shape index (κ1) is 11.7. The third-order valence-corrected chi connectivity index (χ3v) is 2.84. The zero-order valence-corrected chi connectivity index (χ0v) is 11.2. The van der Waals surface area contributed by atoms with Gasteiger partial charge in [0.25, 0.3) is 0 Å². The molecule has 0 spiro atoms. The molecule has 1 aromatic heterocycles. The van der Waals surface area contributed by atoms with E-state index < -0.39 is 0 Å². The van der Waals surface area contributed by atoms with Crippen molar-refractivity contribution in [1.29, 1.82) is 0 Å². The second-order valence-corrected chi connectivity index (χ2v) is 4.82. The first-order valence-electron chi connectivity index (χ1n) is 5.75. The summed E-state index contributed by atoms with van der Waals surface area (Å²) in [6.07, 6.45) is 0. The van der Waals surface area contributed by atoms with E-state index >= 15 is 0 Å². The Balaban J connectivity index is 2.76. The Kier molecular flexibility index (Phi) is 2.92. The zero-order chi connectivity index (χ0) is 12.6. The molecule has 2 rings (SSSR count). The summed E-state index contributed by atoms with van der Waals surface area (Å²) in [7, 11) is 8.09. The van der Waals surface area contributed by atoms with E-state index in [0.717, 1.165) is 11.6 Å². The third-order valence-electron chi connectivity index (χ3n) is 2.84. The Morgan fingerprint density at radius 2 is 1.65 bits per heavy atom. The van der Waals surface area contributed by atoms with Crippen LogP contribution in [0.15, 0.2) is 24.3 Å². The van der Waals surface area contributed by atoms with Crippen LogP contribution in [0, 0.1) is 6.92 Å². The SMILES string of the molecule is Cc1ccc2cc(N(C)C)nc(N(C)C)c2c1. The number of anilines is 2. The smallest absolute Gasteiger partial charge is 0.138 e. The Morgan fingerprint density at radius 1 is 0.941 bits per heavy atom. The molecule has 17 heavy (non-hydrogen) atoms. The van der Waals surface area contributed by atoms with Crippen molar-refractivity contribution in [2.24, 2.45) is 0 Å². The van der Waals surface area contributed by atoms with Gasteiger partial charge in [-0.25, -0.2) is 4.98 Å². The molecule has 0 fully saturated rings. The third kappa shape index (κ3) is 2.18. The molecule has 0 bridgehead atoms. The second-order valence-electron chi connectivity index (χ2n) is 4.82. The van der Waals surface area contributed by atoms with Crippen LogP contribution in [0.2, 0.25) is 0 Å². The summed E-state index contributed by atoms with van der Waals surface area (Å²) in [5.41, 5.74) is 1.26. The highest BCUT2D eigenvalue weighted by Crippen LogP contribution is 2.28. The van der Waals surface area contributed by atoms with Crippen molar-refractivity contribution in [3.05, 3.63) is 29.8 Å². The first-order chi connectivity index (χ1) is 7.99. The average molecular weight is 229 g/mol. The molecular weight excluding hydrogens is 210 g/mol. The minimum Gasteiger partial charge on any atom is -0.363 e. The number of fused-ring (bicyclic) bond motifs is 1. The predicted octanol–water partition coefficient (Wildman–Crippen LogP) is 2.68. The lowest BCUT2D eigenvalue weighted by atomic mass is 10.1. The molecule has 0 atom stereocenters. The number of benzene rings is 1. The Morgan fingerprint density at radius 3 is 2.24 bits per heavy atom. The van der Waals surface area contributed by atoms with E-state index in [1.54, 1.807) is 0 Å². The summed E-state index contributed by atoms with van der Waals surface area (Å²) in [4.78, 5) is 8.79. The molecule has 0 amide bonds. The molecule has 0 aliphatic carbocycles. The van der Waals surface area contributed by atoms with Gasteiger partial charge in [-0.05, 0) is 24.4 Å². The summed E-state index contributed by atoms with van der Waals surface area (Å²) in [5.74, 6) is 2.01. The molecule has 0 aliphatic heterocycles. The van der Waals surface area contributed by atoms with Crippen LogP contribution in [0.1, 0.15) is 5.56 Å². The predicted molar refractivity (Wildman–Crippen MR) is 75.1 cm³/mol. The van der Waals surface area contributed by atoms with Crippen molar-refractivity contribution in [3.8, 4) is 0 Å². The van der Waals surface area contributed by atoms with Gasteiger partial charge in [0.05, 0.1) is 0 Å². The van der Waals surface area contributed by atoms with E-state index in [2.05, 4.69) is 36.1 Å². The summed E-state index contributed by atoms with van der Waals surface area (Å²) in [6.45, 7) is 2.11. The van der Waals surface area contributed by atoms with E-state index in [0.29, 0.717) is 0 Å². The standard InChI is InChI=1S/C14H19N3/c1-10-6-7-11-9-13(16(2)3)15-14(17(4)5)12(11)8-10/h6-9H,1-5H3. The van der Waals surface area contributed by atoms with Crippen LogP contribution in [0.5, 0.6) is 0 Å². The maximum atomic E-state index is 4.69. The highest BCUT2D eigenvalue weighted by Gasteiger charge is 2.09. The van der Waals surface area contributed by atoms with Gasteiger partial charge in [0.1, 0.15) is 11.6 Å². The highest BCUT2D eigenvalue weighted by atomic mass is 15.2. The van der Waals surface area contributed by atoms with E-state index in [-0.39, 0.29) is 0 Å². The molecule has 0 N–H and O–H groups in total. The monoisotopic (exact) mass is 229 g/mol. The molecule has 2 aromatic rings. The lowest BCUT2D eigenvalue weighted by Gasteiger charge is -2.19. The van der Waals surface area contributed by atoms with Crippen molar-refractivity contribution in [1.82, 2.24) is 4.98 Å². The highest BCUT2D eigenvalue weighted by molar-refractivity contribution is 5.94. The molecule has 90 valence electrons. The minimum absolute atomic E-state index is 0.991. The van der Waals surface area contributed by atoms with Crippen molar-refractivity contribution in [3.63, 3.8) is 0 Å². The van der Waals surface area contributed by atoms with Crippen LogP contribution in [-0.4, -0.2) is 33.2 Å². The molecule has 3 nitrogen and oxygen atoms in total. The molecule has 3 heteroatoms. The Labute approximate surface area is 103 Å². The maximum absolute atomic E-state index is 4.69. The summed E-state index contributed by atoms with van der Waals surface area (Å²) >= 11 is 0. The van der Waals surface area contributed by atoms with Crippen LogP contribution in [0.25, 0.3) is 10.8 Å². The van der Waals surface area contributed by atoms with Gasteiger partial charge in [-0.2, -0.15) is 0 Å². The van der Waals surface area contributed by atoms with Crippen molar-refractivity contribution < 1.29 is 0 Å². The fourth-order valence-corrected chi connectivity index (χ4v) is 1.90. The number of hydrogen-bond acceptors (Lipinski definition) is 3. The molecular formula is C14H19N3. The average Bonchev–Trinajstić information content (AvgIpc) is 2.27. The fourth-order valence-electron chi connectivity index (χ4n) is 1.90. The molecule has 1 heterocycles. The van der Waals surface area contributed by atoms with Gasteiger partial charge in [0.15, 0.2) is 0 Å². The van der Waals surface area contributed by atoms with Gasteiger partial charge in [-0.15, -0.1) is 0 Å². The molecule has 0 aliphatic rings. The summed E-state index contributed by atoms with van der Waals surface area (Å²) in [5, 5.41) is 2.44. The Hall–Kier alpha value is -1.77. The van der Waals surface area contributed by atoms with Gasteiger partial charge in [-0.1, -0.05) is 17.7 Å². The normalized spacial score (nSPS) is 10.6. The molecule has 0 unspecified atom stereocenters. The van der Waals surface area contributed by atoms with Gasteiger partial charge in [-0.3, -0.25) is 0 Å². The van der Waals surface area contributed by atoms with Gasteiger partial charge < -0.3 is 9.80 Å². The minimum atomic E-state index is 0.991. The van der Waals surface area contributed by atoms with Gasteiger partial charge in [0.2, 0.25) is 0 Å². The number of pyridine rings is 1. The number of rotatable bonds is 2. The quantitative estimate of drug-likeness (QED) is 0.789. The largest absolute Gasteiger partial charge is 0.363 e. The zero-order valence-electron chi connectivity index (χ0n) is 11.2. The van der Waals surface area contributed by atoms with Crippen LogP contribution >= 0.6 is 0 Å². The van der Waals surface area contributed by atoms with E-state index in [9.17, 15) is 0 Å². The van der Waals surface area contributed by atoms with Crippen molar-refractivity contribution in [2.75, 3.05) is 38.0 Å². The number of hydrogen-bond donors (Lipinski definition) is 0. The summed E-state index contributed by atoms with van der Waals surface area (Å²) in [6, 6.07) is 8.62. The van der Waals surface area contributed by atoms with Crippen LogP contribution < -0.4 is 9.80 Å². The topological polar surface area (TPSA) is 19.4 Å². The van der Waals surface area contributed by atoms with Crippen LogP contribution in [0.4, 0.5) is 11.6 Å². The van der Waals surface area contributed by atoms with Crippen LogP contribution in [0.3, 0.4) is 0 Å². The molecule has 0 radical (unpaired) electrons. The van der Waals surface area contributed by atoms with E-state index in [1.165, 1.54) is 16.3 Å². The second kappa shape index (κ2) is 4.24. The van der Waals surface area contributed by atoms with Crippen molar-refractivity contribution >= 4 is 22.4 Å². The van der Waals surface area contributed by atoms with E-state index in [4.69, 9.17) is 4.98 Å². The van der Waals surface area contributed by atoms with E-state index in [1.807, 2.05) is 33.1 Å². The maximum Gasteiger partial charge on any atom is 0.138 e. The number of nitrogens with zero attached hydrogens (tertiary/aromatic N) is 3. The lowest BCUT2D eigenvalue weighted by molar-refractivity contribution is 1.03. The number of aromatic nitrogens is 1. The molecule has 0 saturated carbocycles. The molecule has 0 saturated heterocycles. The van der Waals surface area contributed by atoms with Gasteiger partial charge >= 0.3 is 0 Å². The number of aryl methyl sites for hydroxylation is 1. The summed E-state index contributed by atoms with van der Waals surface area (Å²) < 4.78 is 0. The molecule has 1 aromatic carbocycles. The Bertz CT molecular complexity index is 544. The fraction of sp³-hybridized carbons (Fsp3) is 0.357. The lowest BCUT2D eigenvalue weighted by Crippen LogP contribution is -2.15. The van der Waals surface area contributed by atoms with Gasteiger partial charge in [0, 0.05) is 33.6 Å². The van der Waals surface area contributed by atoms with Crippen molar-refractivity contribution in [2.45, 2.75) is 6.92 Å². The first-order valence-corrected chi connectivity index (χ1v) is 5.75. The van der Waals surface area contributed by atoms with Crippen LogP contribution in [-0.2, 0) is 0 Å².